The Morgan fingerprint density at radius 1 is 0.558 bits per heavy atom. The maximum absolute atomic E-state index is 15.4. The number of hydrogen-bond acceptors (Lipinski definition) is 5. The molecule has 0 saturated heterocycles. The number of rotatable bonds is 9. The predicted octanol–water partition coefficient (Wildman–Crippen LogP) is 19.3. The first-order valence-corrected chi connectivity index (χ1v) is 26.1. The quantitative estimate of drug-likeness (QED) is 0.144. The van der Waals surface area contributed by atoms with E-state index in [0.717, 1.165) is 66.7 Å². The summed E-state index contributed by atoms with van der Waals surface area (Å²) >= 11 is 0. The fourth-order valence-electron chi connectivity index (χ4n) is 11.1. The van der Waals surface area contributed by atoms with Gasteiger partial charge in [0.2, 0.25) is 0 Å². The van der Waals surface area contributed by atoms with Crippen LogP contribution < -0.4 is 14.5 Å². The molecule has 0 aliphatic carbocycles. The van der Waals surface area contributed by atoms with Crippen LogP contribution >= 0.6 is 0 Å². The van der Waals surface area contributed by atoms with Crippen molar-refractivity contribution in [1.82, 2.24) is 9.55 Å². The Morgan fingerprint density at radius 3 is 1.87 bits per heavy atom. The highest BCUT2D eigenvalue weighted by Crippen LogP contribution is 2.52. The van der Waals surface area contributed by atoms with Crippen LogP contribution in [0.4, 0.5) is 31.5 Å². The predicted molar refractivity (Wildman–Crippen MR) is 312 cm³/mol. The van der Waals surface area contributed by atoms with Gasteiger partial charge in [-0.15, -0.1) is 0 Å². The SMILES string of the molecule is [2H]C([2H])(c1cc(-n2c3cc(Oc4cccc(N5CN(c6c(-c7ccccc7)cc(C(C)(C)C)cc6-c6ccccc6)c6ccccc65)c4)ccc3c3c4oc5c(F)cccc5c4ccc32)ncc1-c1ccc(F)cc1)C(C)(C)C. The molecule has 3 aromatic heterocycles. The van der Waals surface area contributed by atoms with Gasteiger partial charge in [0.1, 0.15) is 35.4 Å². The molecule has 0 fully saturated rings. The van der Waals surface area contributed by atoms with Crippen LogP contribution in [0, 0.1) is 17.0 Å². The van der Waals surface area contributed by atoms with Crippen LogP contribution in [0.2, 0.25) is 0 Å². The second-order valence-corrected chi connectivity index (χ2v) is 22.0. The number of benzene rings is 9. The number of hydrogen-bond donors (Lipinski definition) is 0. The van der Waals surface area contributed by atoms with Crippen LogP contribution in [0.5, 0.6) is 11.5 Å². The van der Waals surface area contributed by atoms with Gasteiger partial charge in [0, 0.05) is 59.6 Å². The first kappa shape index (κ1) is 45.4. The van der Waals surface area contributed by atoms with Crippen LogP contribution in [0.3, 0.4) is 0 Å². The minimum absolute atomic E-state index is 0.106. The molecule has 13 rings (SSSR count). The van der Waals surface area contributed by atoms with Crippen molar-refractivity contribution in [3.05, 3.63) is 229 Å². The van der Waals surface area contributed by atoms with E-state index in [4.69, 9.17) is 14.1 Å². The van der Waals surface area contributed by atoms with Gasteiger partial charge in [0.15, 0.2) is 11.4 Å². The van der Waals surface area contributed by atoms with E-state index < -0.39 is 17.6 Å². The molecule has 1 aliphatic heterocycles. The number of anilines is 4. The number of para-hydroxylation sites is 3. The molecule has 378 valence electrons. The van der Waals surface area contributed by atoms with Gasteiger partial charge in [0.05, 0.1) is 33.5 Å². The largest absolute Gasteiger partial charge is 0.457 e. The first-order valence-electron chi connectivity index (χ1n) is 27.1. The van der Waals surface area contributed by atoms with Gasteiger partial charge in [-0.3, -0.25) is 4.57 Å². The molecule has 6 nitrogen and oxygen atoms in total. The topological polar surface area (TPSA) is 46.7 Å². The Hall–Kier alpha value is -9.01. The molecule has 0 spiro atoms. The Kier molecular flexibility index (Phi) is 10.8. The van der Waals surface area contributed by atoms with Crippen molar-refractivity contribution in [3.63, 3.8) is 0 Å². The van der Waals surface area contributed by atoms with Gasteiger partial charge < -0.3 is 19.0 Å². The Labute approximate surface area is 449 Å². The Bertz CT molecular complexity index is 4290. The standard InChI is InChI=1S/C69H56F2N4O2/c1-68(2,3)40-46-35-63(72-41-57(46)45-27-29-48(70)30-28-45)75-61-34-33-53-52-23-16-24-58(71)66(52)77-67(53)64(61)54-32-31-51(39-62(54)75)76-50-22-15-21-49(38-50)73-42-74(60-26-14-13-25-59(60)73)65-55(43-17-9-7-10-18-43)36-47(69(4,5)6)37-56(65)44-19-11-8-12-20-44/h7-39,41H,40,42H2,1-6H3/i40D2. The van der Waals surface area contributed by atoms with Crippen molar-refractivity contribution in [1.29, 1.82) is 0 Å². The lowest BCUT2D eigenvalue weighted by atomic mass is 9.82. The van der Waals surface area contributed by atoms with Gasteiger partial charge in [-0.25, -0.2) is 13.8 Å². The van der Waals surface area contributed by atoms with E-state index >= 15 is 4.39 Å². The highest BCUT2D eigenvalue weighted by atomic mass is 19.1. The number of nitrogens with zero attached hydrogens (tertiary/aromatic N) is 4. The number of fused-ring (bicyclic) bond motifs is 8. The molecule has 4 heterocycles. The van der Waals surface area contributed by atoms with Crippen LogP contribution in [-0.2, 0) is 11.8 Å². The third kappa shape index (κ3) is 8.54. The van der Waals surface area contributed by atoms with E-state index in [1.165, 1.54) is 23.8 Å². The summed E-state index contributed by atoms with van der Waals surface area (Å²) in [4.78, 5) is 9.83. The molecule has 0 unspecified atom stereocenters. The monoisotopic (exact) mass is 1010 g/mol. The van der Waals surface area contributed by atoms with Gasteiger partial charge >= 0.3 is 0 Å². The smallest absolute Gasteiger partial charge is 0.171 e. The second kappa shape index (κ2) is 18.4. The molecule has 0 bridgehead atoms. The molecule has 77 heavy (non-hydrogen) atoms. The van der Waals surface area contributed by atoms with Crippen LogP contribution in [0.15, 0.2) is 211 Å². The molecule has 0 saturated carbocycles. The maximum Gasteiger partial charge on any atom is 0.171 e. The lowest BCUT2D eigenvalue weighted by molar-refractivity contribution is 0.411. The average Bonchev–Trinajstić information content (AvgIpc) is 4.05. The van der Waals surface area contributed by atoms with Crippen molar-refractivity contribution in [2.45, 2.75) is 53.3 Å². The van der Waals surface area contributed by atoms with E-state index in [1.54, 1.807) is 30.5 Å². The minimum Gasteiger partial charge on any atom is -0.457 e. The van der Waals surface area contributed by atoms with Crippen molar-refractivity contribution in [2.75, 3.05) is 16.5 Å². The second-order valence-electron chi connectivity index (χ2n) is 22.0. The molecule has 0 N–H and O–H groups in total. The number of pyridine rings is 1. The summed E-state index contributed by atoms with van der Waals surface area (Å²) in [6, 6.07) is 65.4. The van der Waals surface area contributed by atoms with Gasteiger partial charge in [-0.2, -0.15) is 0 Å². The van der Waals surface area contributed by atoms with Crippen LogP contribution in [-0.4, -0.2) is 16.2 Å². The molecule has 1 aliphatic rings. The summed E-state index contributed by atoms with van der Waals surface area (Å²) in [5.74, 6) is 0.783. The maximum atomic E-state index is 15.4. The molecular formula is C69H56F2N4O2. The molecule has 12 aromatic rings. The highest BCUT2D eigenvalue weighted by Gasteiger charge is 2.33. The normalized spacial score (nSPS) is 13.5. The zero-order chi connectivity index (χ0) is 54.5. The van der Waals surface area contributed by atoms with Crippen LogP contribution in [0.25, 0.3) is 82.9 Å². The number of furan rings is 1. The molecule has 0 atom stereocenters. The third-order valence-corrected chi connectivity index (χ3v) is 14.6. The molecule has 9 aromatic carbocycles. The van der Waals surface area contributed by atoms with Gasteiger partial charge in [0.25, 0.3) is 0 Å². The summed E-state index contributed by atoms with van der Waals surface area (Å²) in [5, 5.41) is 2.98. The Balaban J connectivity index is 0.940. The van der Waals surface area contributed by atoms with Crippen molar-refractivity contribution in [2.24, 2.45) is 5.41 Å². The lowest BCUT2D eigenvalue weighted by Crippen LogP contribution is -2.25. The van der Waals surface area contributed by atoms with Gasteiger partial charge in [-0.1, -0.05) is 145 Å². The summed E-state index contributed by atoms with van der Waals surface area (Å²) in [5.41, 5.74) is 12.9. The minimum atomic E-state index is -1.87. The molecule has 8 heteroatoms. The molecule has 0 radical (unpaired) electrons. The van der Waals surface area contributed by atoms with E-state index in [-0.39, 0.29) is 16.8 Å². The highest BCUT2D eigenvalue weighted by molar-refractivity contribution is 6.24. The third-order valence-electron chi connectivity index (χ3n) is 14.6. The molecule has 0 amide bonds. The fourth-order valence-corrected chi connectivity index (χ4v) is 11.1. The lowest BCUT2D eigenvalue weighted by Gasteiger charge is -2.30. The molecular weight excluding hydrogens is 955 g/mol. The van der Waals surface area contributed by atoms with E-state index in [9.17, 15) is 7.13 Å². The summed E-state index contributed by atoms with van der Waals surface area (Å²) < 4.78 is 64.3. The number of aromatic nitrogens is 2. The fraction of sp³-hybridized carbons (Fsp3) is 0.145. The zero-order valence-electron chi connectivity index (χ0n) is 45.7. The zero-order valence-corrected chi connectivity index (χ0v) is 43.7. The van der Waals surface area contributed by atoms with Crippen molar-refractivity contribution in [3.8, 4) is 50.7 Å². The Morgan fingerprint density at radius 2 is 1.18 bits per heavy atom. The summed E-state index contributed by atoms with van der Waals surface area (Å²) in [6.07, 6.45) is -0.197. The number of halogens is 2. The van der Waals surface area contributed by atoms with E-state index in [2.05, 4.69) is 140 Å². The number of ether oxygens (including phenoxy) is 1. The summed E-state index contributed by atoms with van der Waals surface area (Å²) in [6.45, 7) is 12.9. The van der Waals surface area contributed by atoms with E-state index in [1.807, 2.05) is 73.9 Å². The van der Waals surface area contributed by atoms with Crippen molar-refractivity contribution >= 4 is 66.5 Å². The summed E-state index contributed by atoms with van der Waals surface area (Å²) in [7, 11) is 0. The van der Waals surface area contributed by atoms with Gasteiger partial charge in [-0.05, 0) is 130 Å². The van der Waals surface area contributed by atoms with E-state index in [0.29, 0.717) is 57.2 Å². The van der Waals surface area contributed by atoms with Crippen LogP contribution in [0.1, 0.15) is 55.4 Å². The average molecular weight is 1010 g/mol. The van der Waals surface area contributed by atoms with Crippen molar-refractivity contribution < 1.29 is 20.7 Å². The first-order chi connectivity index (χ1) is 38.0.